The largest absolute Gasteiger partial charge is 0.377 e. The van der Waals surface area contributed by atoms with E-state index in [0.717, 1.165) is 24.2 Å². The molecule has 0 saturated heterocycles. The number of hydrogen-bond acceptors (Lipinski definition) is 2. The summed E-state index contributed by atoms with van der Waals surface area (Å²) in [5.74, 6) is 0. The quantitative estimate of drug-likeness (QED) is 0.805. The highest BCUT2D eigenvalue weighted by atomic mass is 79.9. The first-order valence-electron chi connectivity index (χ1n) is 6.91. The summed E-state index contributed by atoms with van der Waals surface area (Å²) in [7, 11) is 0. The van der Waals surface area contributed by atoms with E-state index in [2.05, 4.69) is 45.5 Å². The van der Waals surface area contributed by atoms with Gasteiger partial charge < -0.3 is 10.1 Å². The van der Waals surface area contributed by atoms with Crippen LogP contribution < -0.4 is 5.32 Å². The van der Waals surface area contributed by atoms with Gasteiger partial charge in [0.1, 0.15) is 0 Å². The van der Waals surface area contributed by atoms with Gasteiger partial charge in [-0.2, -0.15) is 0 Å². The van der Waals surface area contributed by atoms with Crippen LogP contribution >= 0.6 is 15.9 Å². The SMILES string of the molecule is Brc1ccc(CNCCOC2CCCCC2)cc1. The van der Waals surface area contributed by atoms with E-state index >= 15 is 0 Å². The molecule has 3 heteroatoms. The first kappa shape index (κ1) is 14.0. The topological polar surface area (TPSA) is 21.3 Å². The summed E-state index contributed by atoms with van der Waals surface area (Å²) in [5, 5.41) is 3.42. The lowest BCUT2D eigenvalue weighted by Crippen LogP contribution is -2.24. The maximum atomic E-state index is 5.87. The van der Waals surface area contributed by atoms with Gasteiger partial charge in [-0.1, -0.05) is 47.3 Å². The molecular formula is C15H22BrNO. The second kappa shape index (κ2) is 7.93. The lowest BCUT2D eigenvalue weighted by atomic mass is 9.98. The lowest BCUT2D eigenvalue weighted by Gasteiger charge is -2.22. The molecule has 100 valence electrons. The molecule has 0 atom stereocenters. The molecule has 0 bridgehead atoms. The Morgan fingerprint density at radius 3 is 2.56 bits per heavy atom. The van der Waals surface area contributed by atoms with Crippen molar-refractivity contribution in [3.63, 3.8) is 0 Å². The fraction of sp³-hybridized carbons (Fsp3) is 0.600. The molecule has 0 spiro atoms. The molecule has 1 N–H and O–H groups in total. The number of rotatable bonds is 6. The maximum absolute atomic E-state index is 5.87. The van der Waals surface area contributed by atoms with E-state index in [-0.39, 0.29) is 0 Å². The maximum Gasteiger partial charge on any atom is 0.0594 e. The zero-order valence-corrected chi connectivity index (χ0v) is 12.4. The number of halogens is 1. The third-order valence-electron chi connectivity index (χ3n) is 3.43. The molecule has 0 aromatic heterocycles. The molecule has 18 heavy (non-hydrogen) atoms. The van der Waals surface area contributed by atoms with Crippen molar-refractivity contribution in [1.82, 2.24) is 5.32 Å². The molecule has 1 fully saturated rings. The molecule has 0 unspecified atom stereocenters. The highest BCUT2D eigenvalue weighted by Gasteiger charge is 2.12. The Morgan fingerprint density at radius 1 is 1.11 bits per heavy atom. The van der Waals surface area contributed by atoms with Crippen LogP contribution in [-0.4, -0.2) is 19.3 Å². The molecular weight excluding hydrogens is 290 g/mol. The number of benzene rings is 1. The van der Waals surface area contributed by atoms with Gasteiger partial charge in [-0.05, 0) is 30.5 Å². The highest BCUT2D eigenvalue weighted by Crippen LogP contribution is 2.19. The van der Waals surface area contributed by atoms with Crippen molar-refractivity contribution in [2.24, 2.45) is 0 Å². The average Bonchev–Trinajstić information content (AvgIpc) is 2.42. The Hall–Kier alpha value is -0.380. The van der Waals surface area contributed by atoms with Crippen molar-refractivity contribution in [1.29, 1.82) is 0 Å². The number of nitrogens with one attached hydrogen (secondary N) is 1. The lowest BCUT2D eigenvalue weighted by molar-refractivity contribution is 0.0302. The van der Waals surface area contributed by atoms with Crippen LogP contribution in [0, 0.1) is 0 Å². The van der Waals surface area contributed by atoms with Crippen LogP contribution in [-0.2, 0) is 11.3 Å². The smallest absolute Gasteiger partial charge is 0.0594 e. The molecule has 0 amide bonds. The Bertz CT molecular complexity index is 333. The van der Waals surface area contributed by atoms with Crippen molar-refractivity contribution >= 4 is 15.9 Å². The van der Waals surface area contributed by atoms with Gasteiger partial charge in [0.25, 0.3) is 0 Å². The molecule has 1 saturated carbocycles. The van der Waals surface area contributed by atoms with Crippen molar-refractivity contribution in [2.45, 2.75) is 44.8 Å². The van der Waals surface area contributed by atoms with E-state index in [4.69, 9.17) is 4.74 Å². The number of ether oxygens (including phenoxy) is 1. The minimum Gasteiger partial charge on any atom is -0.377 e. The minimum atomic E-state index is 0.522. The van der Waals surface area contributed by atoms with E-state index in [0.29, 0.717) is 6.10 Å². The second-order valence-corrected chi connectivity index (χ2v) is 5.85. The van der Waals surface area contributed by atoms with Crippen LogP contribution in [0.3, 0.4) is 0 Å². The van der Waals surface area contributed by atoms with Crippen LogP contribution in [0.15, 0.2) is 28.7 Å². The highest BCUT2D eigenvalue weighted by molar-refractivity contribution is 9.10. The molecule has 1 aromatic carbocycles. The standard InChI is InChI=1S/C15H22BrNO/c16-14-8-6-13(7-9-14)12-17-10-11-18-15-4-2-1-3-5-15/h6-9,15,17H,1-5,10-12H2. The third-order valence-corrected chi connectivity index (χ3v) is 3.96. The second-order valence-electron chi connectivity index (χ2n) is 4.93. The minimum absolute atomic E-state index is 0.522. The van der Waals surface area contributed by atoms with Crippen LogP contribution in [0.2, 0.25) is 0 Å². The predicted octanol–water partition coefficient (Wildman–Crippen LogP) is 3.89. The number of hydrogen-bond donors (Lipinski definition) is 1. The van der Waals surface area contributed by atoms with Crippen molar-refractivity contribution in [3.05, 3.63) is 34.3 Å². The third kappa shape index (κ3) is 5.09. The van der Waals surface area contributed by atoms with Gasteiger partial charge in [0.2, 0.25) is 0 Å². The zero-order valence-electron chi connectivity index (χ0n) is 10.8. The van der Waals surface area contributed by atoms with Crippen LogP contribution in [0.5, 0.6) is 0 Å². The van der Waals surface area contributed by atoms with E-state index in [1.165, 1.54) is 37.7 Å². The fourth-order valence-corrected chi connectivity index (χ4v) is 2.63. The monoisotopic (exact) mass is 311 g/mol. The van der Waals surface area contributed by atoms with Crippen LogP contribution in [0.25, 0.3) is 0 Å². The fourth-order valence-electron chi connectivity index (χ4n) is 2.36. The summed E-state index contributed by atoms with van der Waals surface area (Å²) in [6.45, 7) is 2.69. The summed E-state index contributed by atoms with van der Waals surface area (Å²) in [4.78, 5) is 0. The summed E-state index contributed by atoms with van der Waals surface area (Å²) in [6, 6.07) is 8.43. The van der Waals surface area contributed by atoms with Gasteiger partial charge >= 0.3 is 0 Å². The van der Waals surface area contributed by atoms with E-state index < -0.39 is 0 Å². The average molecular weight is 312 g/mol. The first-order chi connectivity index (χ1) is 8.84. The molecule has 0 radical (unpaired) electrons. The van der Waals surface area contributed by atoms with Gasteiger partial charge in [-0.25, -0.2) is 0 Å². The van der Waals surface area contributed by atoms with Gasteiger partial charge in [-0.3, -0.25) is 0 Å². The van der Waals surface area contributed by atoms with Gasteiger partial charge in [0.15, 0.2) is 0 Å². The predicted molar refractivity (Wildman–Crippen MR) is 78.7 cm³/mol. The van der Waals surface area contributed by atoms with E-state index in [1.807, 2.05) is 0 Å². The van der Waals surface area contributed by atoms with E-state index in [9.17, 15) is 0 Å². The zero-order chi connectivity index (χ0) is 12.6. The van der Waals surface area contributed by atoms with Crippen LogP contribution in [0.1, 0.15) is 37.7 Å². The van der Waals surface area contributed by atoms with Gasteiger partial charge in [0, 0.05) is 17.6 Å². The molecule has 1 aliphatic rings. The summed E-state index contributed by atoms with van der Waals surface area (Å²) < 4.78 is 7.00. The Morgan fingerprint density at radius 2 is 1.83 bits per heavy atom. The summed E-state index contributed by atoms with van der Waals surface area (Å²) >= 11 is 3.44. The molecule has 1 aliphatic carbocycles. The van der Waals surface area contributed by atoms with Crippen molar-refractivity contribution in [2.75, 3.05) is 13.2 Å². The molecule has 0 heterocycles. The van der Waals surface area contributed by atoms with Crippen molar-refractivity contribution in [3.8, 4) is 0 Å². The Labute approximate surface area is 118 Å². The Kier molecular flexibility index (Phi) is 6.18. The van der Waals surface area contributed by atoms with E-state index in [1.54, 1.807) is 0 Å². The van der Waals surface area contributed by atoms with Gasteiger partial charge in [0.05, 0.1) is 12.7 Å². The summed E-state index contributed by atoms with van der Waals surface area (Å²) in [6.07, 6.45) is 7.11. The van der Waals surface area contributed by atoms with Crippen molar-refractivity contribution < 1.29 is 4.74 Å². The van der Waals surface area contributed by atoms with Gasteiger partial charge in [-0.15, -0.1) is 0 Å². The summed E-state index contributed by atoms with van der Waals surface area (Å²) in [5.41, 5.74) is 1.32. The van der Waals surface area contributed by atoms with Crippen LogP contribution in [0.4, 0.5) is 0 Å². The molecule has 2 rings (SSSR count). The molecule has 0 aliphatic heterocycles. The molecule has 1 aromatic rings. The Balaban J connectivity index is 1.54. The molecule has 2 nitrogen and oxygen atoms in total. The first-order valence-corrected chi connectivity index (χ1v) is 7.70. The normalized spacial score (nSPS) is 16.9.